The average molecular weight is 194 g/mol. The highest BCUT2D eigenvalue weighted by atomic mass is 16.5. The van der Waals surface area contributed by atoms with Gasteiger partial charge in [-0.15, -0.1) is 0 Å². The van der Waals surface area contributed by atoms with Gasteiger partial charge in [-0.25, -0.2) is 0 Å². The maximum atomic E-state index is 5.43. The van der Waals surface area contributed by atoms with Gasteiger partial charge in [-0.2, -0.15) is 0 Å². The summed E-state index contributed by atoms with van der Waals surface area (Å²) in [6.45, 7) is 10.9. The summed E-state index contributed by atoms with van der Waals surface area (Å²) in [5.74, 6) is 0.752. The van der Waals surface area contributed by atoms with E-state index >= 15 is 0 Å². The molecule has 1 heteroatoms. The molecule has 0 atom stereocenters. The van der Waals surface area contributed by atoms with Crippen molar-refractivity contribution in [2.45, 2.75) is 40.0 Å². The maximum absolute atomic E-state index is 5.43. The van der Waals surface area contributed by atoms with Crippen molar-refractivity contribution >= 4 is 0 Å². The Hall–Kier alpha value is -0.980. The highest BCUT2D eigenvalue weighted by Gasteiger charge is 1.89. The first kappa shape index (κ1) is 13.0. The molecular weight excluding hydrogens is 172 g/mol. The molecule has 0 fully saturated rings. The van der Waals surface area contributed by atoms with E-state index in [4.69, 9.17) is 4.74 Å². The van der Waals surface area contributed by atoms with Crippen molar-refractivity contribution in [1.29, 1.82) is 0 Å². The van der Waals surface area contributed by atoms with Gasteiger partial charge in [0.2, 0.25) is 0 Å². The lowest BCUT2D eigenvalue weighted by molar-refractivity contribution is 0.219. The quantitative estimate of drug-likeness (QED) is 0.335. The Bertz CT molecular complexity index is 211. The third-order valence-electron chi connectivity index (χ3n) is 2.02. The van der Waals surface area contributed by atoms with Crippen LogP contribution >= 0.6 is 0 Å². The minimum absolute atomic E-state index is 0.752. The lowest BCUT2D eigenvalue weighted by Gasteiger charge is -2.04. The van der Waals surface area contributed by atoms with Crippen LogP contribution < -0.4 is 0 Å². The Kier molecular flexibility index (Phi) is 8.01. The monoisotopic (exact) mass is 194 g/mol. The van der Waals surface area contributed by atoms with Crippen LogP contribution in [0.5, 0.6) is 0 Å². The maximum Gasteiger partial charge on any atom is 0.112 e. The molecule has 0 amide bonds. The van der Waals surface area contributed by atoms with Crippen LogP contribution in [0.15, 0.2) is 36.1 Å². The summed E-state index contributed by atoms with van der Waals surface area (Å²) in [5.41, 5.74) is 1.23. The molecule has 0 aliphatic carbocycles. The standard InChI is InChI=1S/C13H22O/c1-5-7-8-11-14-13(4)10-9-12(3)6-2/h6,9-10H,4-5,7-8,11H2,1-3H3/b10-9-,12-6-. The third kappa shape index (κ3) is 7.66. The Labute approximate surface area is 88.2 Å². The summed E-state index contributed by atoms with van der Waals surface area (Å²) < 4.78 is 5.43. The van der Waals surface area contributed by atoms with E-state index in [1.807, 2.05) is 19.1 Å². The predicted octanol–water partition coefficient (Wildman–Crippen LogP) is 4.23. The molecule has 0 spiro atoms. The minimum Gasteiger partial charge on any atom is -0.494 e. The van der Waals surface area contributed by atoms with E-state index in [1.165, 1.54) is 18.4 Å². The molecule has 0 aliphatic rings. The number of allylic oxidation sites excluding steroid dienone is 4. The fourth-order valence-electron chi connectivity index (χ4n) is 0.924. The molecule has 14 heavy (non-hydrogen) atoms. The summed E-state index contributed by atoms with van der Waals surface area (Å²) in [4.78, 5) is 0. The summed E-state index contributed by atoms with van der Waals surface area (Å²) in [6.07, 6.45) is 9.56. The van der Waals surface area contributed by atoms with Crippen LogP contribution in [0.4, 0.5) is 0 Å². The van der Waals surface area contributed by atoms with Gasteiger partial charge >= 0.3 is 0 Å². The Balaban J connectivity index is 3.60. The van der Waals surface area contributed by atoms with Crippen molar-refractivity contribution in [3.8, 4) is 0 Å². The highest BCUT2D eigenvalue weighted by Crippen LogP contribution is 2.03. The molecule has 1 nitrogen and oxygen atoms in total. The van der Waals surface area contributed by atoms with Crippen LogP contribution in [0.2, 0.25) is 0 Å². The molecular formula is C13H22O. The van der Waals surface area contributed by atoms with Gasteiger partial charge in [-0.3, -0.25) is 0 Å². The van der Waals surface area contributed by atoms with Crippen molar-refractivity contribution in [2.24, 2.45) is 0 Å². The molecule has 0 rings (SSSR count). The molecule has 0 unspecified atom stereocenters. The molecule has 0 aromatic rings. The fourth-order valence-corrected chi connectivity index (χ4v) is 0.924. The highest BCUT2D eigenvalue weighted by molar-refractivity contribution is 5.21. The van der Waals surface area contributed by atoms with E-state index in [1.54, 1.807) is 0 Å². The molecule has 80 valence electrons. The normalized spacial score (nSPS) is 12.1. The smallest absolute Gasteiger partial charge is 0.112 e. The number of rotatable bonds is 7. The lowest BCUT2D eigenvalue weighted by Crippen LogP contribution is -1.91. The van der Waals surface area contributed by atoms with E-state index in [0.717, 1.165) is 18.8 Å². The fraction of sp³-hybridized carbons (Fsp3) is 0.538. The van der Waals surface area contributed by atoms with Crippen LogP contribution in [0, 0.1) is 0 Å². The second kappa shape index (κ2) is 8.61. The third-order valence-corrected chi connectivity index (χ3v) is 2.02. The zero-order valence-corrected chi connectivity index (χ0v) is 9.68. The van der Waals surface area contributed by atoms with Crippen LogP contribution in [-0.2, 0) is 4.74 Å². The first-order valence-corrected chi connectivity index (χ1v) is 5.33. The molecule has 0 saturated carbocycles. The second-order valence-electron chi connectivity index (χ2n) is 3.39. The van der Waals surface area contributed by atoms with Crippen molar-refractivity contribution < 1.29 is 4.74 Å². The van der Waals surface area contributed by atoms with E-state index in [2.05, 4.69) is 26.5 Å². The van der Waals surface area contributed by atoms with Crippen LogP contribution in [0.3, 0.4) is 0 Å². The van der Waals surface area contributed by atoms with Crippen molar-refractivity contribution in [2.75, 3.05) is 6.61 Å². The van der Waals surface area contributed by atoms with Crippen molar-refractivity contribution in [3.63, 3.8) is 0 Å². The number of unbranched alkanes of at least 4 members (excludes halogenated alkanes) is 2. The molecule has 0 saturated heterocycles. The molecule has 0 aromatic carbocycles. The van der Waals surface area contributed by atoms with Gasteiger partial charge in [-0.1, -0.05) is 44.1 Å². The van der Waals surface area contributed by atoms with E-state index in [-0.39, 0.29) is 0 Å². The summed E-state index contributed by atoms with van der Waals surface area (Å²) in [5, 5.41) is 0. The summed E-state index contributed by atoms with van der Waals surface area (Å²) in [7, 11) is 0. The van der Waals surface area contributed by atoms with Crippen molar-refractivity contribution in [1.82, 2.24) is 0 Å². The predicted molar refractivity (Wildman–Crippen MR) is 63.2 cm³/mol. The summed E-state index contributed by atoms with van der Waals surface area (Å²) in [6, 6.07) is 0. The largest absolute Gasteiger partial charge is 0.494 e. The van der Waals surface area contributed by atoms with E-state index < -0.39 is 0 Å². The Morgan fingerprint density at radius 1 is 1.29 bits per heavy atom. The van der Waals surface area contributed by atoms with Crippen LogP contribution in [-0.4, -0.2) is 6.61 Å². The molecule has 0 heterocycles. The minimum atomic E-state index is 0.752. The van der Waals surface area contributed by atoms with Crippen LogP contribution in [0.1, 0.15) is 40.0 Å². The van der Waals surface area contributed by atoms with Gasteiger partial charge in [0.1, 0.15) is 5.76 Å². The van der Waals surface area contributed by atoms with Gasteiger partial charge in [0, 0.05) is 0 Å². The first-order valence-electron chi connectivity index (χ1n) is 5.33. The molecule has 0 N–H and O–H groups in total. The molecule has 0 bridgehead atoms. The topological polar surface area (TPSA) is 9.23 Å². The number of hydrogen-bond acceptors (Lipinski definition) is 1. The van der Waals surface area contributed by atoms with E-state index in [9.17, 15) is 0 Å². The summed E-state index contributed by atoms with van der Waals surface area (Å²) >= 11 is 0. The number of ether oxygens (including phenoxy) is 1. The Morgan fingerprint density at radius 3 is 2.57 bits per heavy atom. The average Bonchev–Trinajstić information content (AvgIpc) is 2.21. The van der Waals surface area contributed by atoms with Gasteiger partial charge in [-0.05, 0) is 26.3 Å². The molecule has 0 radical (unpaired) electrons. The zero-order chi connectivity index (χ0) is 10.8. The number of hydrogen-bond donors (Lipinski definition) is 0. The Morgan fingerprint density at radius 2 is 2.00 bits per heavy atom. The second-order valence-corrected chi connectivity index (χ2v) is 3.39. The van der Waals surface area contributed by atoms with Crippen LogP contribution in [0.25, 0.3) is 0 Å². The first-order chi connectivity index (χ1) is 6.70. The SMILES string of the molecule is C=C(/C=C\C(C)=C/C)OCCCCC. The van der Waals surface area contributed by atoms with Gasteiger partial charge in [0.25, 0.3) is 0 Å². The van der Waals surface area contributed by atoms with Crippen molar-refractivity contribution in [3.05, 3.63) is 36.1 Å². The molecule has 0 aromatic heterocycles. The van der Waals surface area contributed by atoms with E-state index in [0.29, 0.717) is 0 Å². The molecule has 0 aliphatic heterocycles. The van der Waals surface area contributed by atoms with Gasteiger partial charge < -0.3 is 4.74 Å². The van der Waals surface area contributed by atoms with Gasteiger partial charge in [0.15, 0.2) is 0 Å². The van der Waals surface area contributed by atoms with Gasteiger partial charge in [0.05, 0.1) is 6.61 Å². The lowest BCUT2D eigenvalue weighted by atomic mass is 10.2. The zero-order valence-electron chi connectivity index (χ0n) is 9.68.